The Bertz CT molecular complexity index is 989. The number of hydrogen-bond acceptors (Lipinski definition) is 2. The first-order valence-corrected chi connectivity index (χ1v) is 10.1. The number of aliphatic hydroxyl groups is 1. The molecule has 0 bridgehead atoms. The molecule has 0 saturated carbocycles. The molecular weight excluding hydrogens is 376 g/mol. The molecule has 0 atom stereocenters. The van der Waals surface area contributed by atoms with Crippen molar-refractivity contribution in [3.05, 3.63) is 102 Å². The summed E-state index contributed by atoms with van der Waals surface area (Å²) in [7, 11) is 0. The first kappa shape index (κ1) is 20.7. The number of hydrogen-bond donors (Lipinski definition) is 2. The van der Waals surface area contributed by atoms with Gasteiger partial charge in [-0.15, -0.1) is 0 Å². The second-order valence-electron chi connectivity index (χ2n) is 7.98. The van der Waals surface area contributed by atoms with Gasteiger partial charge in [0.15, 0.2) is 23.1 Å². The number of benzene rings is 2. The molecule has 1 heterocycles. The Morgan fingerprint density at radius 3 is 2.07 bits per heavy atom. The summed E-state index contributed by atoms with van der Waals surface area (Å²) in [6, 6.07) is 23.8. The quantitative estimate of drug-likeness (QED) is 0.264. The second kappa shape index (κ2) is 9.01. The van der Waals surface area contributed by atoms with Gasteiger partial charge in [0.25, 0.3) is 5.70 Å². The average molecular weight is 404 g/mol. The Morgan fingerprint density at radius 1 is 0.897 bits per heavy atom. The fourth-order valence-electron chi connectivity index (χ4n) is 3.02. The fourth-order valence-corrected chi connectivity index (χ4v) is 3.30. The van der Waals surface area contributed by atoms with Crippen LogP contribution in [-0.4, -0.2) is 10.1 Å². The highest BCUT2D eigenvalue weighted by Crippen LogP contribution is 2.25. The highest BCUT2D eigenvalue weighted by atomic mass is 32.1. The number of pyridine rings is 1. The van der Waals surface area contributed by atoms with Gasteiger partial charge in [-0.3, -0.25) is 0 Å². The summed E-state index contributed by atoms with van der Waals surface area (Å²) >= 11 is 5.67. The van der Waals surface area contributed by atoms with Crippen molar-refractivity contribution in [2.45, 2.75) is 32.7 Å². The number of thiocarbonyl (C=S) groups is 1. The van der Waals surface area contributed by atoms with Gasteiger partial charge >= 0.3 is 0 Å². The minimum Gasteiger partial charge on any atom is -0.502 e. The molecule has 0 saturated heterocycles. The Labute approximate surface area is 178 Å². The summed E-state index contributed by atoms with van der Waals surface area (Å²) in [6.45, 7) is 7.11. The van der Waals surface area contributed by atoms with Crippen molar-refractivity contribution in [3.63, 3.8) is 0 Å². The average Bonchev–Trinajstić information content (AvgIpc) is 2.73. The van der Waals surface area contributed by atoms with E-state index in [4.69, 9.17) is 12.2 Å². The minimum atomic E-state index is 0.0570. The maximum absolute atomic E-state index is 11.1. The molecule has 148 valence electrons. The van der Waals surface area contributed by atoms with Crippen LogP contribution in [0.2, 0.25) is 0 Å². The zero-order valence-electron chi connectivity index (χ0n) is 17.1. The highest BCUT2D eigenvalue weighted by Gasteiger charge is 2.23. The van der Waals surface area contributed by atoms with Crippen LogP contribution in [0.3, 0.4) is 0 Å². The van der Waals surface area contributed by atoms with Crippen LogP contribution in [0.4, 0.5) is 0 Å². The number of aliphatic hydroxyl groups excluding tert-OH is 1. The molecule has 0 fully saturated rings. The summed E-state index contributed by atoms with van der Waals surface area (Å²) in [4.78, 5) is 0.488. The summed E-state index contributed by atoms with van der Waals surface area (Å²) in [6.07, 6.45) is 3.76. The van der Waals surface area contributed by atoms with E-state index in [-0.39, 0.29) is 11.2 Å². The number of nitrogens with one attached hydrogen (secondary N) is 1. The van der Waals surface area contributed by atoms with Gasteiger partial charge in [0.1, 0.15) is 0 Å². The Kier molecular flexibility index (Phi) is 6.45. The van der Waals surface area contributed by atoms with Crippen molar-refractivity contribution in [1.82, 2.24) is 5.32 Å². The lowest BCUT2D eigenvalue weighted by molar-refractivity contribution is -0.576. The molecule has 29 heavy (non-hydrogen) atoms. The monoisotopic (exact) mass is 403 g/mol. The molecule has 2 aromatic carbocycles. The molecule has 0 unspecified atom stereocenters. The van der Waals surface area contributed by atoms with E-state index in [1.165, 1.54) is 5.56 Å². The van der Waals surface area contributed by atoms with Crippen molar-refractivity contribution >= 4 is 28.7 Å². The van der Waals surface area contributed by atoms with E-state index >= 15 is 0 Å². The first-order chi connectivity index (χ1) is 13.9. The molecule has 3 aromatic rings. The van der Waals surface area contributed by atoms with E-state index in [0.29, 0.717) is 17.2 Å². The molecule has 1 aromatic heterocycles. The molecule has 3 nitrogen and oxygen atoms in total. The van der Waals surface area contributed by atoms with Gasteiger partial charge in [0.2, 0.25) is 0 Å². The molecule has 0 aliphatic carbocycles. The van der Waals surface area contributed by atoms with Crippen molar-refractivity contribution < 1.29 is 9.67 Å². The molecule has 0 amide bonds. The predicted octanol–water partition coefficient (Wildman–Crippen LogP) is 5.27. The van der Waals surface area contributed by atoms with Gasteiger partial charge < -0.3 is 10.4 Å². The maximum Gasteiger partial charge on any atom is 0.287 e. The minimum absolute atomic E-state index is 0.0570. The third-order valence-corrected chi connectivity index (χ3v) is 5.07. The van der Waals surface area contributed by atoms with Crippen LogP contribution in [0.25, 0.3) is 11.5 Å². The van der Waals surface area contributed by atoms with Crippen molar-refractivity contribution in [2.24, 2.45) is 0 Å². The predicted molar refractivity (Wildman–Crippen MR) is 123 cm³/mol. The molecule has 0 aliphatic heterocycles. The van der Waals surface area contributed by atoms with E-state index in [0.717, 1.165) is 11.1 Å². The van der Waals surface area contributed by atoms with E-state index in [9.17, 15) is 5.11 Å². The van der Waals surface area contributed by atoms with E-state index in [1.54, 1.807) is 0 Å². The molecule has 0 aliphatic rings. The molecule has 4 heteroatoms. The van der Waals surface area contributed by atoms with Crippen LogP contribution in [0.1, 0.15) is 37.5 Å². The van der Waals surface area contributed by atoms with Gasteiger partial charge in [-0.2, -0.15) is 4.57 Å². The number of nitrogens with zero attached hydrogens (tertiary/aromatic N) is 1. The van der Waals surface area contributed by atoms with Crippen molar-refractivity contribution in [2.75, 3.05) is 0 Å². The normalized spacial score (nSPS) is 12.2. The van der Waals surface area contributed by atoms with Gasteiger partial charge in [-0.1, -0.05) is 93.7 Å². The van der Waals surface area contributed by atoms with Crippen LogP contribution in [0.5, 0.6) is 0 Å². The standard InChI is InChI=1S/C25H26N2OS/c1-25(2,3)21-14-12-20(13-15-21)23(28)22(27-16-8-5-9-17-27)24(29)26-18-19-10-6-4-7-11-19/h4-17H,18H2,1-3H3,(H-,26,28,29)/p+1. The highest BCUT2D eigenvalue weighted by molar-refractivity contribution is 7.81. The lowest BCUT2D eigenvalue weighted by Crippen LogP contribution is -2.40. The largest absolute Gasteiger partial charge is 0.502 e. The molecule has 0 spiro atoms. The van der Waals surface area contributed by atoms with Gasteiger partial charge in [-0.25, -0.2) is 0 Å². The third kappa shape index (κ3) is 5.30. The SMILES string of the molecule is CC(C)(C)c1ccc(C(O)=C(C(=S)NCc2ccccc2)[n+]2ccccc2)cc1. The van der Waals surface area contributed by atoms with Crippen LogP contribution in [0.15, 0.2) is 85.2 Å². The second-order valence-corrected chi connectivity index (χ2v) is 8.38. The molecule has 0 radical (unpaired) electrons. The van der Waals surface area contributed by atoms with Crippen LogP contribution in [-0.2, 0) is 12.0 Å². The maximum atomic E-state index is 11.1. The van der Waals surface area contributed by atoms with E-state index in [2.05, 4.69) is 38.2 Å². The zero-order valence-corrected chi connectivity index (χ0v) is 17.9. The van der Waals surface area contributed by atoms with Crippen LogP contribution in [0, 0.1) is 0 Å². The first-order valence-electron chi connectivity index (χ1n) is 9.69. The van der Waals surface area contributed by atoms with Crippen LogP contribution < -0.4 is 9.88 Å². The summed E-state index contributed by atoms with van der Waals surface area (Å²) in [5.41, 5.74) is 3.68. The molecule has 3 rings (SSSR count). The summed E-state index contributed by atoms with van der Waals surface area (Å²) in [5.74, 6) is 0.146. The number of rotatable bonds is 5. The van der Waals surface area contributed by atoms with E-state index < -0.39 is 0 Å². The summed E-state index contributed by atoms with van der Waals surface area (Å²) in [5, 5.41) is 14.4. The smallest absolute Gasteiger partial charge is 0.287 e. The number of aromatic nitrogens is 1. The Hall–Kier alpha value is -2.98. The third-order valence-electron chi connectivity index (χ3n) is 4.73. The van der Waals surface area contributed by atoms with Crippen molar-refractivity contribution in [3.8, 4) is 0 Å². The Morgan fingerprint density at radius 2 is 1.48 bits per heavy atom. The fraction of sp³-hybridized carbons (Fsp3) is 0.200. The van der Waals surface area contributed by atoms with Gasteiger partial charge in [0, 0.05) is 24.2 Å². The molecule has 2 N–H and O–H groups in total. The van der Waals surface area contributed by atoms with Crippen LogP contribution >= 0.6 is 12.2 Å². The van der Waals surface area contributed by atoms with Crippen molar-refractivity contribution in [1.29, 1.82) is 0 Å². The topological polar surface area (TPSA) is 36.1 Å². The lowest BCUT2D eigenvalue weighted by Gasteiger charge is -2.19. The van der Waals surface area contributed by atoms with Gasteiger partial charge in [-0.05, 0) is 16.5 Å². The Balaban J connectivity index is 1.95. The summed E-state index contributed by atoms with van der Waals surface area (Å²) < 4.78 is 1.84. The molecular formula is C25H27N2OS+. The zero-order chi connectivity index (χ0) is 20.9. The lowest BCUT2D eigenvalue weighted by atomic mass is 9.86. The van der Waals surface area contributed by atoms with Gasteiger partial charge in [0.05, 0.1) is 0 Å². The van der Waals surface area contributed by atoms with E-state index in [1.807, 2.05) is 77.6 Å².